The summed E-state index contributed by atoms with van der Waals surface area (Å²) in [5.74, 6) is 0. The summed E-state index contributed by atoms with van der Waals surface area (Å²) in [4.78, 5) is 4.05. The number of rotatable bonds is 3. The molecule has 1 rings (SSSR count). The van der Waals surface area contributed by atoms with E-state index in [1.807, 2.05) is 13.0 Å². The van der Waals surface area contributed by atoms with Crippen molar-refractivity contribution in [3.05, 3.63) is 17.8 Å². The number of aliphatic hydroxyl groups excluding tert-OH is 1. The van der Waals surface area contributed by atoms with Crippen LogP contribution in [0.15, 0.2) is 17.3 Å². The van der Waals surface area contributed by atoms with Crippen LogP contribution < -0.4 is 5.73 Å². The molecule has 4 nitrogen and oxygen atoms in total. The molecule has 0 aliphatic heterocycles. The van der Waals surface area contributed by atoms with Crippen LogP contribution in [0.1, 0.15) is 12.5 Å². The van der Waals surface area contributed by atoms with Gasteiger partial charge in [0.25, 0.3) is 0 Å². The van der Waals surface area contributed by atoms with Gasteiger partial charge in [0.1, 0.15) is 11.1 Å². The van der Waals surface area contributed by atoms with Gasteiger partial charge in [0.05, 0.1) is 17.9 Å². The van der Waals surface area contributed by atoms with E-state index in [0.717, 1.165) is 0 Å². The Kier molecular flexibility index (Phi) is 3.74. The van der Waals surface area contributed by atoms with Crippen LogP contribution in [0.2, 0.25) is 0 Å². The lowest BCUT2D eigenvalue weighted by Crippen LogP contribution is -2.04. The Morgan fingerprint density at radius 1 is 1.79 bits per heavy atom. The van der Waals surface area contributed by atoms with Crippen molar-refractivity contribution in [2.45, 2.75) is 17.2 Å². The van der Waals surface area contributed by atoms with Crippen molar-refractivity contribution in [2.24, 2.45) is 0 Å². The fraction of sp³-hybridized carbons (Fsp3) is 0.333. The van der Waals surface area contributed by atoms with Crippen molar-refractivity contribution in [2.75, 3.05) is 12.3 Å². The number of nitrogens with zero attached hydrogens (tertiary/aromatic N) is 2. The molecule has 14 heavy (non-hydrogen) atoms. The second kappa shape index (κ2) is 4.84. The summed E-state index contributed by atoms with van der Waals surface area (Å²) in [5.41, 5.74) is 6.52. The maximum absolute atomic E-state index is 8.86. The summed E-state index contributed by atoms with van der Waals surface area (Å²) in [6.07, 6.45) is 1.54. The summed E-state index contributed by atoms with van der Waals surface area (Å²) < 4.78 is 0. The Morgan fingerprint density at radius 3 is 3.07 bits per heavy atom. The van der Waals surface area contributed by atoms with E-state index >= 15 is 0 Å². The van der Waals surface area contributed by atoms with Gasteiger partial charge in [0, 0.05) is 11.4 Å². The lowest BCUT2D eigenvalue weighted by molar-refractivity contribution is 0.300. The molecule has 74 valence electrons. The Balaban J connectivity index is 2.94. The molecule has 0 aliphatic rings. The first-order valence-corrected chi connectivity index (χ1v) is 4.99. The van der Waals surface area contributed by atoms with Gasteiger partial charge < -0.3 is 10.8 Å². The summed E-state index contributed by atoms with van der Waals surface area (Å²) in [5, 5.41) is 18.2. The van der Waals surface area contributed by atoms with Crippen LogP contribution in [-0.2, 0) is 0 Å². The number of aliphatic hydroxyl groups is 1. The molecule has 0 bridgehead atoms. The molecular weight excluding hydrogens is 198 g/mol. The van der Waals surface area contributed by atoms with Gasteiger partial charge in [-0.2, -0.15) is 5.26 Å². The van der Waals surface area contributed by atoms with Crippen LogP contribution in [0.25, 0.3) is 0 Å². The number of nitriles is 1. The molecule has 1 unspecified atom stereocenters. The number of nitrogens with two attached hydrogens (primary N) is 1. The minimum atomic E-state index is 0.0266. The van der Waals surface area contributed by atoms with E-state index in [1.165, 1.54) is 11.8 Å². The number of aromatic nitrogens is 1. The quantitative estimate of drug-likeness (QED) is 0.726. The van der Waals surface area contributed by atoms with E-state index < -0.39 is 0 Å². The summed E-state index contributed by atoms with van der Waals surface area (Å²) >= 11 is 1.36. The summed E-state index contributed by atoms with van der Waals surface area (Å²) in [7, 11) is 0. The molecule has 5 heteroatoms. The average Bonchev–Trinajstić information content (AvgIpc) is 2.21. The van der Waals surface area contributed by atoms with Crippen molar-refractivity contribution in [3.63, 3.8) is 0 Å². The summed E-state index contributed by atoms with van der Waals surface area (Å²) in [6, 6.07) is 3.56. The van der Waals surface area contributed by atoms with Crippen LogP contribution in [0.4, 0.5) is 5.69 Å². The first-order chi connectivity index (χ1) is 6.69. The van der Waals surface area contributed by atoms with E-state index in [2.05, 4.69) is 4.98 Å². The predicted octanol–water partition coefficient (Wildman–Crippen LogP) is 1.01. The number of hydrogen-bond donors (Lipinski definition) is 2. The van der Waals surface area contributed by atoms with Crippen molar-refractivity contribution in [1.29, 1.82) is 5.26 Å². The molecule has 1 heterocycles. The SMILES string of the molecule is CC(CO)Sc1nccc(C#N)c1N. The highest BCUT2D eigenvalue weighted by Crippen LogP contribution is 2.27. The monoisotopic (exact) mass is 209 g/mol. The lowest BCUT2D eigenvalue weighted by atomic mass is 10.2. The van der Waals surface area contributed by atoms with Crippen LogP contribution >= 0.6 is 11.8 Å². The smallest absolute Gasteiger partial charge is 0.121 e. The van der Waals surface area contributed by atoms with Gasteiger partial charge in [-0.05, 0) is 6.07 Å². The molecule has 1 aromatic rings. The number of anilines is 1. The van der Waals surface area contributed by atoms with Crippen LogP contribution in [-0.4, -0.2) is 21.9 Å². The van der Waals surface area contributed by atoms with Crippen molar-refractivity contribution in [1.82, 2.24) is 4.98 Å². The van der Waals surface area contributed by atoms with Gasteiger partial charge >= 0.3 is 0 Å². The normalized spacial score (nSPS) is 12.1. The van der Waals surface area contributed by atoms with E-state index in [4.69, 9.17) is 16.1 Å². The zero-order valence-corrected chi connectivity index (χ0v) is 8.58. The van der Waals surface area contributed by atoms with Crippen molar-refractivity contribution in [3.8, 4) is 6.07 Å². The average molecular weight is 209 g/mol. The molecule has 0 amide bonds. The van der Waals surface area contributed by atoms with Gasteiger partial charge in [0.15, 0.2) is 0 Å². The van der Waals surface area contributed by atoms with Gasteiger partial charge in [-0.25, -0.2) is 4.98 Å². The van der Waals surface area contributed by atoms with Gasteiger partial charge in [-0.15, -0.1) is 0 Å². The van der Waals surface area contributed by atoms with E-state index in [9.17, 15) is 0 Å². The van der Waals surface area contributed by atoms with Crippen LogP contribution in [0.5, 0.6) is 0 Å². The third-order valence-electron chi connectivity index (χ3n) is 1.64. The lowest BCUT2D eigenvalue weighted by Gasteiger charge is -2.09. The minimum Gasteiger partial charge on any atom is -0.395 e. The van der Waals surface area contributed by atoms with E-state index in [-0.39, 0.29) is 11.9 Å². The molecule has 0 saturated carbocycles. The Labute approximate surface area is 86.8 Å². The molecule has 1 atom stereocenters. The number of hydrogen-bond acceptors (Lipinski definition) is 5. The first-order valence-electron chi connectivity index (χ1n) is 4.11. The Hall–Kier alpha value is -1.25. The van der Waals surface area contributed by atoms with Crippen LogP contribution in [0.3, 0.4) is 0 Å². The third-order valence-corrected chi connectivity index (χ3v) is 2.74. The predicted molar refractivity (Wildman–Crippen MR) is 55.8 cm³/mol. The first kappa shape index (κ1) is 10.8. The topological polar surface area (TPSA) is 82.9 Å². The van der Waals surface area contributed by atoms with Crippen molar-refractivity contribution >= 4 is 17.4 Å². The molecule has 0 aliphatic carbocycles. The number of nitrogen functional groups attached to an aromatic ring is 1. The highest BCUT2D eigenvalue weighted by atomic mass is 32.2. The van der Waals surface area contributed by atoms with Gasteiger partial charge in [-0.1, -0.05) is 18.7 Å². The largest absolute Gasteiger partial charge is 0.395 e. The molecule has 1 aromatic heterocycles. The minimum absolute atomic E-state index is 0.0266. The molecule has 0 radical (unpaired) electrons. The zero-order chi connectivity index (χ0) is 10.6. The highest BCUT2D eigenvalue weighted by molar-refractivity contribution is 8.00. The molecule has 0 fully saturated rings. The van der Waals surface area contributed by atoms with Crippen LogP contribution in [0, 0.1) is 11.3 Å². The summed E-state index contributed by atoms with van der Waals surface area (Å²) in [6.45, 7) is 1.92. The fourth-order valence-corrected chi connectivity index (χ4v) is 1.69. The van der Waals surface area contributed by atoms with E-state index in [1.54, 1.807) is 12.3 Å². The maximum Gasteiger partial charge on any atom is 0.121 e. The third kappa shape index (κ3) is 2.37. The highest BCUT2D eigenvalue weighted by Gasteiger charge is 2.09. The number of pyridine rings is 1. The molecular formula is C9H11N3OS. The maximum atomic E-state index is 8.86. The van der Waals surface area contributed by atoms with Crippen molar-refractivity contribution < 1.29 is 5.11 Å². The Morgan fingerprint density at radius 2 is 2.50 bits per heavy atom. The standard InChI is InChI=1S/C9H11N3OS/c1-6(5-13)14-9-8(11)7(4-10)2-3-12-9/h2-3,6,13H,5,11H2,1H3. The zero-order valence-electron chi connectivity index (χ0n) is 7.77. The second-order valence-electron chi connectivity index (χ2n) is 2.80. The van der Waals surface area contributed by atoms with Gasteiger partial charge in [-0.3, -0.25) is 0 Å². The van der Waals surface area contributed by atoms with Gasteiger partial charge in [0.2, 0.25) is 0 Å². The number of thioether (sulfide) groups is 1. The molecule has 0 saturated heterocycles. The molecule has 0 aromatic carbocycles. The van der Waals surface area contributed by atoms with E-state index in [0.29, 0.717) is 16.3 Å². The molecule has 3 N–H and O–H groups in total. The second-order valence-corrected chi connectivity index (χ2v) is 4.23. The molecule has 0 spiro atoms. The fourth-order valence-electron chi connectivity index (χ4n) is 0.873. The Bertz CT molecular complexity index is 362.